The summed E-state index contributed by atoms with van der Waals surface area (Å²) in [5.41, 5.74) is 0.709. The molecular weight excluding hydrogens is 278 g/mol. The summed E-state index contributed by atoms with van der Waals surface area (Å²) in [4.78, 5) is 23.7. The van der Waals surface area contributed by atoms with Crippen LogP contribution in [0.1, 0.15) is 25.7 Å². The average molecular weight is 297 g/mol. The summed E-state index contributed by atoms with van der Waals surface area (Å²) in [5, 5.41) is 4.94. The first-order valence-corrected chi connectivity index (χ1v) is 7.68. The van der Waals surface area contributed by atoms with Gasteiger partial charge in [0.1, 0.15) is 0 Å². The van der Waals surface area contributed by atoms with Crippen LogP contribution in [0.4, 0.5) is 5.69 Å². The first-order chi connectivity index (χ1) is 10.7. The van der Waals surface area contributed by atoms with Gasteiger partial charge >= 0.3 is 5.97 Å². The van der Waals surface area contributed by atoms with Gasteiger partial charge in [0.05, 0.1) is 5.92 Å². The van der Waals surface area contributed by atoms with Crippen molar-refractivity contribution in [3.8, 4) is 0 Å². The van der Waals surface area contributed by atoms with Crippen molar-refractivity contribution < 1.29 is 14.3 Å². The maximum absolute atomic E-state index is 11.9. The zero-order valence-electron chi connectivity index (χ0n) is 12.4. The third-order valence-electron chi connectivity index (χ3n) is 4.07. The molecule has 1 amide bonds. The molecule has 3 rings (SSSR count). The van der Waals surface area contributed by atoms with Gasteiger partial charge in [0.25, 0.3) is 5.91 Å². The van der Waals surface area contributed by atoms with Crippen molar-refractivity contribution in [1.82, 2.24) is 0 Å². The number of amides is 1. The number of nitrogens with one attached hydrogen (secondary N) is 1. The molecule has 1 fully saturated rings. The Labute approximate surface area is 129 Å². The zero-order valence-corrected chi connectivity index (χ0v) is 12.4. The zero-order chi connectivity index (χ0) is 15.4. The highest BCUT2D eigenvalue weighted by Crippen LogP contribution is 2.25. The van der Waals surface area contributed by atoms with Crippen LogP contribution >= 0.6 is 0 Å². The molecule has 2 aromatic rings. The molecule has 0 bridgehead atoms. The number of esters is 1. The summed E-state index contributed by atoms with van der Waals surface area (Å²) < 4.78 is 5.10. The molecule has 1 saturated carbocycles. The molecule has 1 N–H and O–H groups in total. The van der Waals surface area contributed by atoms with Crippen LogP contribution in [0.15, 0.2) is 42.5 Å². The lowest BCUT2D eigenvalue weighted by molar-refractivity contribution is -0.151. The molecule has 1 aliphatic rings. The molecule has 0 unspecified atom stereocenters. The van der Waals surface area contributed by atoms with Gasteiger partial charge in [-0.1, -0.05) is 43.2 Å². The molecule has 2 aromatic carbocycles. The molecule has 0 aliphatic heterocycles. The fourth-order valence-corrected chi connectivity index (χ4v) is 2.88. The number of anilines is 1. The monoisotopic (exact) mass is 297 g/mol. The van der Waals surface area contributed by atoms with E-state index < -0.39 is 0 Å². The largest absolute Gasteiger partial charge is 0.455 e. The molecule has 4 heteroatoms. The molecule has 22 heavy (non-hydrogen) atoms. The highest BCUT2D eigenvalue weighted by molar-refractivity contribution is 5.95. The quantitative estimate of drug-likeness (QED) is 0.879. The maximum Gasteiger partial charge on any atom is 0.309 e. The van der Waals surface area contributed by atoms with E-state index in [1.807, 2.05) is 42.5 Å². The molecule has 0 aromatic heterocycles. The van der Waals surface area contributed by atoms with E-state index in [4.69, 9.17) is 4.74 Å². The minimum Gasteiger partial charge on any atom is -0.455 e. The topological polar surface area (TPSA) is 55.4 Å². The van der Waals surface area contributed by atoms with Crippen LogP contribution in [0.5, 0.6) is 0 Å². The summed E-state index contributed by atoms with van der Waals surface area (Å²) in [5.74, 6) is -0.568. The Morgan fingerprint density at radius 1 is 1.05 bits per heavy atom. The second kappa shape index (κ2) is 6.60. The molecule has 0 saturated heterocycles. The molecule has 114 valence electrons. The minimum absolute atomic E-state index is 0.0199. The summed E-state index contributed by atoms with van der Waals surface area (Å²) in [6, 6.07) is 13.6. The summed E-state index contributed by atoms with van der Waals surface area (Å²) in [6.45, 7) is -0.220. The van der Waals surface area contributed by atoms with E-state index in [1.54, 1.807) is 0 Å². The second-order valence-electron chi connectivity index (χ2n) is 5.70. The van der Waals surface area contributed by atoms with Crippen LogP contribution in [-0.4, -0.2) is 18.5 Å². The smallest absolute Gasteiger partial charge is 0.309 e. The fourth-order valence-electron chi connectivity index (χ4n) is 2.88. The number of carbonyl (C=O) groups excluding carboxylic acids is 2. The number of hydrogen-bond donors (Lipinski definition) is 1. The number of ether oxygens (including phenoxy) is 1. The molecule has 0 atom stereocenters. The van der Waals surface area contributed by atoms with Gasteiger partial charge in [0, 0.05) is 5.69 Å². The van der Waals surface area contributed by atoms with Gasteiger partial charge in [-0.3, -0.25) is 9.59 Å². The van der Waals surface area contributed by atoms with Crippen LogP contribution < -0.4 is 5.32 Å². The molecule has 1 aliphatic carbocycles. The first kappa shape index (κ1) is 14.6. The van der Waals surface area contributed by atoms with Gasteiger partial charge in [-0.15, -0.1) is 0 Å². The van der Waals surface area contributed by atoms with Crippen LogP contribution in [0.2, 0.25) is 0 Å². The van der Waals surface area contributed by atoms with E-state index in [9.17, 15) is 9.59 Å². The minimum atomic E-state index is -0.304. The van der Waals surface area contributed by atoms with E-state index in [0.717, 1.165) is 36.5 Å². The Balaban J connectivity index is 1.55. The van der Waals surface area contributed by atoms with Crippen molar-refractivity contribution in [3.63, 3.8) is 0 Å². The lowest BCUT2D eigenvalue weighted by Crippen LogP contribution is -2.23. The summed E-state index contributed by atoms with van der Waals surface area (Å²) in [7, 11) is 0. The molecule has 0 spiro atoms. The predicted octanol–water partition coefficient (Wildman–Crippen LogP) is 3.51. The first-order valence-electron chi connectivity index (χ1n) is 7.68. The summed E-state index contributed by atoms with van der Waals surface area (Å²) >= 11 is 0. The van der Waals surface area contributed by atoms with Crippen molar-refractivity contribution in [2.75, 3.05) is 11.9 Å². The van der Waals surface area contributed by atoms with Crippen LogP contribution in [0.25, 0.3) is 10.8 Å². The molecule has 0 heterocycles. The predicted molar refractivity (Wildman–Crippen MR) is 85.5 cm³/mol. The molecular formula is C18H19NO3. The third kappa shape index (κ3) is 3.45. The van der Waals surface area contributed by atoms with E-state index in [1.165, 1.54) is 0 Å². The number of rotatable bonds is 4. The highest BCUT2D eigenvalue weighted by atomic mass is 16.5. The van der Waals surface area contributed by atoms with E-state index >= 15 is 0 Å². The van der Waals surface area contributed by atoms with E-state index in [0.29, 0.717) is 5.69 Å². The van der Waals surface area contributed by atoms with Gasteiger partial charge in [-0.05, 0) is 35.7 Å². The van der Waals surface area contributed by atoms with Gasteiger partial charge in [0.2, 0.25) is 0 Å². The van der Waals surface area contributed by atoms with Gasteiger partial charge in [0.15, 0.2) is 6.61 Å². The Hall–Kier alpha value is -2.36. The number of benzene rings is 2. The van der Waals surface area contributed by atoms with Crippen LogP contribution in [0.3, 0.4) is 0 Å². The standard InChI is InChI=1S/C18H19NO3/c20-17(12-22-18(21)14-6-2-3-7-14)19-16-10-9-13-5-1-4-8-15(13)11-16/h1,4-5,8-11,14H,2-3,6-7,12H2,(H,19,20). The lowest BCUT2D eigenvalue weighted by atomic mass is 10.1. The Bertz CT molecular complexity index is 690. The van der Waals surface area contributed by atoms with Crippen molar-refractivity contribution in [3.05, 3.63) is 42.5 Å². The van der Waals surface area contributed by atoms with Crippen molar-refractivity contribution in [2.45, 2.75) is 25.7 Å². The maximum atomic E-state index is 11.9. The second-order valence-corrected chi connectivity index (χ2v) is 5.70. The Morgan fingerprint density at radius 2 is 1.77 bits per heavy atom. The molecule has 4 nitrogen and oxygen atoms in total. The lowest BCUT2D eigenvalue weighted by Gasteiger charge is -2.10. The SMILES string of the molecule is O=C(COC(=O)C1CCCC1)Nc1ccc2ccccc2c1. The van der Waals surface area contributed by atoms with Crippen LogP contribution in [-0.2, 0) is 14.3 Å². The normalized spacial score (nSPS) is 14.9. The van der Waals surface area contributed by atoms with Gasteiger partial charge in [-0.2, -0.15) is 0 Å². The number of carbonyl (C=O) groups is 2. The Morgan fingerprint density at radius 3 is 2.55 bits per heavy atom. The summed E-state index contributed by atoms with van der Waals surface area (Å²) in [6.07, 6.45) is 3.91. The highest BCUT2D eigenvalue weighted by Gasteiger charge is 2.24. The van der Waals surface area contributed by atoms with E-state index in [-0.39, 0.29) is 24.4 Å². The van der Waals surface area contributed by atoms with E-state index in [2.05, 4.69) is 5.32 Å². The van der Waals surface area contributed by atoms with Crippen molar-refractivity contribution in [1.29, 1.82) is 0 Å². The van der Waals surface area contributed by atoms with Crippen molar-refractivity contribution in [2.24, 2.45) is 5.92 Å². The average Bonchev–Trinajstić information content (AvgIpc) is 3.07. The molecule has 0 radical (unpaired) electrons. The van der Waals surface area contributed by atoms with Crippen molar-refractivity contribution >= 4 is 28.3 Å². The van der Waals surface area contributed by atoms with Gasteiger partial charge in [-0.25, -0.2) is 0 Å². The number of fused-ring (bicyclic) bond motifs is 1. The Kier molecular flexibility index (Phi) is 4.37. The van der Waals surface area contributed by atoms with Gasteiger partial charge < -0.3 is 10.1 Å². The number of hydrogen-bond acceptors (Lipinski definition) is 3. The third-order valence-corrected chi connectivity index (χ3v) is 4.07. The fraction of sp³-hybridized carbons (Fsp3) is 0.333. The van der Waals surface area contributed by atoms with Crippen LogP contribution in [0, 0.1) is 5.92 Å².